The average Bonchev–Trinajstić information content (AvgIpc) is 2.62. The summed E-state index contributed by atoms with van der Waals surface area (Å²) in [7, 11) is 0. The number of unbranched alkanes of at least 4 members (excludes halogenated alkanes) is 4. The van der Waals surface area contributed by atoms with Gasteiger partial charge in [0.25, 0.3) is 0 Å². The summed E-state index contributed by atoms with van der Waals surface area (Å²) in [5.41, 5.74) is 0. The van der Waals surface area contributed by atoms with Crippen LogP contribution in [0.2, 0.25) is 0 Å². The molecule has 1 saturated heterocycles. The highest BCUT2D eigenvalue weighted by atomic mass is 16.7. The SMILES string of the molecule is CCCCCCCC(=O)N[C@H]1C([C@H](O)[C@H](O)CO)OC(O)(C(=O)[O-])C[C@@H]1O. The van der Waals surface area contributed by atoms with Gasteiger partial charge in [-0.1, -0.05) is 32.6 Å². The number of hydrogen-bond acceptors (Lipinski definition) is 9. The van der Waals surface area contributed by atoms with Gasteiger partial charge < -0.3 is 45.5 Å². The summed E-state index contributed by atoms with van der Waals surface area (Å²) in [6.07, 6.45) is -2.93. The minimum atomic E-state index is -2.90. The number of aliphatic hydroxyl groups is 5. The molecule has 10 nitrogen and oxygen atoms in total. The van der Waals surface area contributed by atoms with Gasteiger partial charge in [0, 0.05) is 12.8 Å². The normalized spacial score (nSPS) is 30.5. The quantitative estimate of drug-likeness (QED) is 0.202. The number of carbonyl (C=O) groups is 2. The maximum absolute atomic E-state index is 12.1. The van der Waals surface area contributed by atoms with Gasteiger partial charge in [0.15, 0.2) is 0 Å². The lowest BCUT2D eigenvalue weighted by Crippen LogP contribution is -2.69. The third-order valence-electron chi connectivity index (χ3n) is 4.66. The Morgan fingerprint density at radius 2 is 1.89 bits per heavy atom. The number of nitrogens with one attached hydrogen (secondary N) is 1. The predicted octanol–water partition coefficient (Wildman–Crippen LogP) is -2.87. The molecule has 6 atom stereocenters. The Kier molecular flexibility index (Phi) is 9.57. The summed E-state index contributed by atoms with van der Waals surface area (Å²) in [5.74, 6) is -5.38. The van der Waals surface area contributed by atoms with Crippen LogP contribution in [0.25, 0.3) is 0 Å². The number of hydrogen-bond donors (Lipinski definition) is 6. The van der Waals surface area contributed by atoms with Gasteiger partial charge in [-0.2, -0.15) is 0 Å². The van der Waals surface area contributed by atoms with E-state index in [0.717, 1.165) is 25.7 Å². The standard InChI is InChI=1S/C17H31NO9/c1-2-3-4-5-6-7-12(22)18-13-10(20)8-17(26,16(24)25)27-15(13)14(23)11(21)9-19/h10-11,13-15,19-21,23,26H,2-9H2,1H3,(H,18,22)(H,24,25)/p-1/t10-,11+,13+,14+,15?,17?/m0/s1. The van der Waals surface area contributed by atoms with E-state index < -0.39 is 61.1 Å². The molecule has 6 N–H and O–H groups in total. The van der Waals surface area contributed by atoms with Crippen molar-refractivity contribution in [2.24, 2.45) is 0 Å². The maximum Gasteiger partial charge on any atom is 0.220 e. The Bertz CT molecular complexity index is 489. The first kappa shape index (κ1) is 23.7. The Balaban J connectivity index is 2.81. The second kappa shape index (κ2) is 10.9. The van der Waals surface area contributed by atoms with Crippen molar-refractivity contribution in [3.63, 3.8) is 0 Å². The van der Waals surface area contributed by atoms with E-state index in [1.165, 1.54) is 0 Å². The van der Waals surface area contributed by atoms with Crippen molar-refractivity contribution in [2.75, 3.05) is 6.61 Å². The Hall–Kier alpha value is -1.30. The van der Waals surface area contributed by atoms with Crippen LogP contribution in [0.4, 0.5) is 0 Å². The molecule has 2 unspecified atom stereocenters. The van der Waals surface area contributed by atoms with Crippen LogP contribution in [0, 0.1) is 0 Å². The third kappa shape index (κ3) is 6.66. The molecule has 0 radical (unpaired) electrons. The van der Waals surface area contributed by atoms with Crippen molar-refractivity contribution in [3.8, 4) is 0 Å². The van der Waals surface area contributed by atoms with Gasteiger partial charge in [-0.15, -0.1) is 0 Å². The molecule has 158 valence electrons. The first-order chi connectivity index (χ1) is 12.7. The summed E-state index contributed by atoms with van der Waals surface area (Å²) < 4.78 is 4.96. The van der Waals surface area contributed by atoms with Crippen LogP contribution in [0.3, 0.4) is 0 Å². The van der Waals surface area contributed by atoms with Crippen LogP contribution in [-0.2, 0) is 14.3 Å². The molecule has 1 fully saturated rings. The Morgan fingerprint density at radius 3 is 2.44 bits per heavy atom. The number of rotatable bonds is 11. The van der Waals surface area contributed by atoms with E-state index in [9.17, 15) is 35.1 Å². The summed E-state index contributed by atoms with van der Waals surface area (Å²) in [4.78, 5) is 23.2. The second-order valence-electron chi connectivity index (χ2n) is 6.92. The van der Waals surface area contributed by atoms with Gasteiger partial charge in [0.1, 0.15) is 24.3 Å². The Labute approximate surface area is 157 Å². The first-order valence-corrected chi connectivity index (χ1v) is 9.22. The zero-order valence-corrected chi connectivity index (χ0v) is 15.4. The summed E-state index contributed by atoms with van der Waals surface area (Å²) >= 11 is 0. The molecule has 0 aromatic rings. The van der Waals surface area contributed by atoms with E-state index in [-0.39, 0.29) is 6.42 Å². The van der Waals surface area contributed by atoms with Gasteiger partial charge in [-0.05, 0) is 6.42 Å². The third-order valence-corrected chi connectivity index (χ3v) is 4.66. The second-order valence-corrected chi connectivity index (χ2v) is 6.92. The van der Waals surface area contributed by atoms with Crippen LogP contribution >= 0.6 is 0 Å². The summed E-state index contributed by atoms with van der Waals surface area (Å²) in [6.45, 7) is 1.19. The molecule has 0 aromatic heterocycles. The van der Waals surface area contributed by atoms with Gasteiger partial charge >= 0.3 is 0 Å². The van der Waals surface area contributed by atoms with Crippen molar-refractivity contribution < 1.29 is 45.0 Å². The molecule has 0 bridgehead atoms. The van der Waals surface area contributed by atoms with E-state index in [0.29, 0.717) is 6.42 Å². The fraction of sp³-hybridized carbons (Fsp3) is 0.882. The maximum atomic E-state index is 12.1. The van der Waals surface area contributed by atoms with Crippen molar-refractivity contribution in [1.82, 2.24) is 5.32 Å². The highest BCUT2D eigenvalue weighted by molar-refractivity contribution is 5.76. The molecule has 0 aliphatic carbocycles. The van der Waals surface area contributed by atoms with Crippen LogP contribution in [-0.4, -0.2) is 80.3 Å². The zero-order chi connectivity index (χ0) is 20.6. The molecule has 10 heteroatoms. The number of carboxylic acid groups (broad SMARTS) is 1. The molecule has 0 aromatic carbocycles. The van der Waals surface area contributed by atoms with Gasteiger partial charge in [0.2, 0.25) is 11.7 Å². The van der Waals surface area contributed by atoms with E-state index >= 15 is 0 Å². The van der Waals surface area contributed by atoms with Crippen LogP contribution in [0.15, 0.2) is 0 Å². The molecular formula is C17H30NO9-. The molecule has 1 amide bonds. The topological polar surface area (TPSA) is 180 Å². The molecule has 0 spiro atoms. The van der Waals surface area contributed by atoms with Gasteiger partial charge in [-0.25, -0.2) is 0 Å². The van der Waals surface area contributed by atoms with Crippen LogP contribution < -0.4 is 10.4 Å². The fourth-order valence-corrected chi connectivity index (χ4v) is 3.04. The highest BCUT2D eigenvalue weighted by Crippen LogP contribution is 2.30. The van der Waals surface area contributed by atoms with Crippen molar-refractivity contribution in [3.05, 3.63) is 0 Å². The highest BCUT2D eigenvalue weighted by Gasteiger charge is 2.50. The van der Waals surface area contributed by atoms with E-state index in [1.54, 1.807) is 0 Å². The van der Waals surface area contributed by atoms with Gasteiger partial charge in [-0.3, -0.25) is 4.79 Å². The zero-order valence-electron chi connectivity index (χ0n) is 15.4. The first-order valence-electron chi connectivity index (χ1n) is 9.22. The molecule has 1 aliphatic heterocycles. The molecular weight excluding hydrogens is 362 g/mol. The fourth-order valence-electron chi connectivity index (χ4n) is 3.04. The average molecular weight is 392 g/mol. The largest absolute Gasteiger partial charge is 0.544 e. The smallest absolute Gasteiger partial charge is 0.220 e. The number of aliphatic carboxylic acids is 1. The molecule has 1 rings (SSSR count). The van der Waals surface area contributed by atoms with E-state index in [4.69, 9.17) is 9.84 Å². The minimum Gasteiger partial charge on any atom is -0.544 e. The van der Waals surface area contributed by atoms with E-state index in [1.807, 2.05) is 0 Å². The molecule has 27 heavy (non-hydrogen) atoms. The summed E-state index contributed by atoms with van der Waals surface area (Å²) in [6, 6.07) is -1.29. The molecule has 1 aliphatic rings. The number of aliphatic hydroxyl groups excluding tert-OH is 4. The van der Waals surface area contributed by atoms with Crippen molar-refractivity contribution >= 4 is 11.9 Å². The van der Waals surface area contributed by atoms with Crippen molar-refractivity contribution in [2.45, 2.75) is 88.1 Å². The number of ether oxygens (including phenoxy) is 1. The number of carbonyl (C=O) groups excluding carboxylic acids is 2. The lowest BCUT2D eigenvalue weighted by molar-refractivity contribution is -0.374. The van der Waals surface area contributed by atoms with E-state index in [2.05, 4.69) is 12.2 Å². The molecule has 1 heterocycles. The lowest BCUT2D eigenvalue weighted by Gasteiger charge is -2.46. The number of amides is 1. The Morgan fingerprint density at radius 1 is 1.26 bits per heavy atom. The van der Waals surface area contributed by atoms with Crippen LogP contribution in [0.5, 0.6) is 0 Å². The lowest BCUT2D eigenvalue weighted by atomic mass is 9.88. The van der Waals surface area contributed by atoms with Crippen LogP contribution in [0.1, 0.15) is 51.9 Å². The van der Waals surface area contributed by atoms with Gasteiger partial charge in [0.05, 0.1) is 18.8 Å². The number of carboxylic acids is 1. The molecule has 0 saturated carbocycles. The minimum absolute atomic E-state index is 0.156. The predicted molar refractivity (Wildman–Crippen MR) is 89.9 cm³/mol. The summed E-state index contributed by atoms with van der Waals surface area (Å²) in [5, 5.41) is 62.5. The van der Waals surface area contributed by atoms with Crippen molar-refractivity contribution in [1.29, 1.82) is 0 Å². The monoisotopic (exact) mass is 392 g/mol.